The summed E-state index contributed by atoms with van der Waals surface area (Å²) < 4.78 is 3.44. The van der Waals surface area contributed by atoms with Gasteiger partial charge in [-0.2, -0.15) is 0 Å². The Bertz CT molecular complexity index is 642. The molecule has 4 heteroatoms. The van der Waals surface area contributed by atoms with Crippen molar-refractivity contribution < 1.29 is 15.3 Å². The van der Waals surface area contributed by atoms with Gasteiger partial charge in [0.05, 0.1) is 0 Å². The quantitative estimate of drug-likeness (QED) is 0.619. The summed E-state index contributed by atoms with van der Waals surface area (Å²) in [6.45, 7) is 0. The first kappa shape index (κ1) is 14.5. The molecule has 0 spiro atoms. The Morgan fingerprint density at radius 1 is 0.409 bits per heavy atom. The van der Waals surface area contributed by atoms with E-state index in [9.17, 15) is 15.3 Å². The summed E-state index contributed by atoms with van der Waals surface area (Å²) in [6.07, 6.45) is 0. The molecule has 0 fully saturated rings. The van der Waals surface area contributed by atoms with Gasteiger partial charge in [-0.1, -0.05) is 0 Å². The van der Waals surface area contributed by atoms with Gasteiger partial charge in [-0.05, 0) is 0 Å². The van der Waals surface area contributed by atoms with Gasteiger partial charge in [-0.25, -0.2) is 0 Å². The van der Waals surface area contributed by atoms with Gasteiger partial charge in [0, 0.05) is 0 Å². The van der Waals surface area contributed by atoms with E-state index >= 15 is 0 Å². The molecule has 0 radical (unpaired) electrons. The van der Waals surface area contributed by atoms with Crippen LogP contribution in [0.3, 0.4) is 0 Å². The first-order chi connectivity index (χ1) is 10.6. The third-order valence-electron chi connectivity index (χ3n) is 3.22. The number of hydrogen-bond acceptors (Lipinski definition) is 3. The molecule has 3 aromatic rings. The van der Waals surface area contributed by atoms with Crippen LogP contribution in [0.2, 0.25) is 0 Å². The fourth-order valence-electron chi connectivity index (χ4n) is 2.15. The van der Waals surface area contributed by atoms with Gasteiger partial charge < -0.3 is 0 Å². The molecule has 3 aromatic carbocycles. The number of rotatable bonds is 3. The average molecular weight is 358 g/mol. The Morgan fingerprint density at radius 3 is 0.864 bits per heavy atom. The van der Waals surface area contributed by atoms with Crippen molar-refractivity contribution in [3.63, 3.8) is 0 Å². The topological polar surface area (TPSA) is 60.7 Å². The zero-order valence-corrected chi connectivity index (χ0v) is 13.4. The van der Waals surface area contributed by atoms with Crippen LogP contribution in [0.5, 0.6) is 17.2 Å². The zero-order chi connectivity index (χ0) is 15.5. The molecule has 110 valence electrons. The van der Waals surface area contributed by atoms with E-state index in [1.165, 1.54) is 0 Å². The Balaban J connectivity index is 2.10. The fraction of sp³-hybridized carbons (Fsp3) is 0. The second kappa shape index (κ2) is 6.14. The summed E-state index contributed by atoms with van der Waals surface area (Å²) >= 11 is -1.54. The fourth-order valence-corrected chi connectivity index (χ4v) is 6.44. The van der Waals surface area contributed by atoms with Gasteiger partial charge in [-0.15, -0.1) is 0 Å². The van der Waals surface area contributed by atoms with Crippen LogP contribution in [0.15, 0.2) is 72.8 Å². The van der Waals surface area contributed by atoms with Gasteiger partial charge in [-0.3, -0.25) is 0 Å². The van der Waals surface area contributed by atoms with E-state index in [1.54, 1.807) is 36.4 Å². The molecule has 0 aliphatic heterocycles. The van der Waals surface area contributed by atoms with Crippen molar-refractivity contribution in [1.29, 1.82) is 0 Å². The first-order valence-electron chi connectivity index (χ1n) is 6.75. The van der Waals surface area contributed by atoms with Gasteiger partial charge in [0.1, 0.15) is 0 Å². The van der Waals surface area contributed by atoms with Gasteiger partial charge in [0.15, 0.2) is 0 Å². The third-order valence-corrected chi connectivity index (χ3v) is 7.90. The van der Waals surface area contributed by atoms with E-state index in [0.29, 0.717) is 0 Å². The van der Waals surface area contributed by atoms with Crippen LogP contribution in [0.4, 0.5) is 0 Å². The van der Waals surface area contributed by atoms with Crippen LogP contribution >= 0.6 is 0 Å². The molecule has 3 N–H and O–H groups in total. The van der Waals surface area contributed by atoms with E-state index < -0.39 is 13.9 Å². The molecule has 0 amide bonds. The minimum atomic E-state index is -1.54. The first-order valence-corrected chi connectivity index (χ1v) is 9.32. The normalized spacial score (nSPS) is 10.8. The van der Waals surface area contributed by atoms with Crippen molar-refractivity contribution in [2.45, 2.75) is 0 Å². The van der Waals surface area contributed by atoms with Crippen molar-refractivity contribution in [3.8, 4) is 17.2 Å². The molecule has 0 saturated heterocycles. The Labute approximate surface area is 133 Å². The second-order valence-corrected chi connectivity index (χ2v) is 9.04. The molecule has 0 aliphatic rings. The van der Waals surface area contributed by atoms with Crippen LogP contribution in [0, 0.1) is 0 Å². The summed E-state index contributed by atoms with van der Waals surface area (Å²) in [5.41, 5.74) is 0. The molecule has 0 heterocycles. The summed E-state index contributed by atoms with van der Waals surface area (Å²) in [4.78, 5) is 0. The van der Waals surface area contributed by atoms with Gasteiger partial charge in [0.2, 0.25) is 0 Å². The molecule has 3 nitrogen and oxygen atoms in total. The Hall–Kier alpha value is -2.42. The summed E-state index contributed by atoms with van der Waals surface area (Å²) in [7, 11) is 0. The van der Waals surface area contributed by atoms with E-state index in [1.807, 2.05) is 36.4 Å². The molecular formula is C18H15O3Se+. The van der Waals surface area contributed by atoms with Crippen molar-refractivity contribution in [3.05, 3.63) is 72.8 Å². The molecule has 22 heavy (non-hydrogen) atoms. The molecule has 0 saturated carbocycles. The zero-order valence-electron chi connectivity index (χ0n) is 11.7. The molecular weight excluding hydrogens is 343 g/mol. The van der Waals surface area contributed by atoms with E-state index in [4.69, 9.17) is 0 Å². The molecule has 0 atom stereocenters. The molecule has 0 bridgehead atoms. The third kappa shape index (κ3) is 3.08. The number of phenols is 3. The maximum absolute atomic E-state index is 9.50. The molecule has 3 rings (SSSR count). The van der Waals surface area contributed by atoms with Gasteiger partial charge in [0.25, 0.3) is 0 Å². The molecule has 0 aromatic heterocycles. The monoisotopic (exact) mass is 359 g/mol. The Morgan fingerprint density at radius 2 is 0.636 bits per heavy atom. The minimum absolute atomic E-state index is 0.241. The van der Waals surface area contributed by atoms with Crippen molar-refractivity contribution >= 4 is 27.3 Å². The SMILES string of the molecule is Oc1ccc([Se+](c2ccc(O)cc2)c2ccc(O)cc2)cc1. The van der Waals surface area contributed by atoms with E-state index in [-0.39, 0.29) is 17.2 Å². The number of benzene rings is 3. The molecule has 0 aliphatic carbocycles. The van der Waals surface area contributed by atoms with Crippen LogP contribution < -0.4 is 13.4 Å². The van der Waals surface area contributed by atoms with Crippen LogP contribution in [-0.2, 0) is 0 Å². The average Bonchev–Trinajstić information content (AvgIpc) is 2.53. The number of phenolic OH excluding ortho intramolecular Hbond substituents is 3. The predicted molar refractivity (Wildman–Crippen MR) is 89.0 cm³/mol. The number of hydrogen-bond donors (Lipinski definition) is 3. The standard InChI is InChI=1S/C18H14O3Se/c19-13-1-7-16(8-2-13)22(17-9-3-14(20)4-10-17)18-11-5-15(21)6-12-18/h1-12H,(H2-,19,20,21)/p+1. The Kier molecular flexibility index (Phi) is 4.05. The predicted octanol–water partition coefficient (Wildman–Crippen LogP) is 1.32. The van der Waals surface area contributed by atoms with Crippen LogP contribution in [0.1, 0.15) is 0 Å². The molecule has 0 unspecified atom stereocenters. The number of aromatic hydroxyl groups is 3. The second-order valence-electron chi connectivity index (χ2n) is 4.79. The van der Waals surface area contributed by atoms with Crippen LogP contribution in [0.25, 0.3) is 0 Å². The van der Waals surface area contributed by atoms with Crippen molar-refractivity contribution in [2.24, 2.45) is 0 Å². The van der Waals surface area contributed by atoms with Crippen molar-refractivity contribution in [1.82, 2.24) is 0 Å². The maximum atomic E-state index is 9.50. The summed E-state index contributed by atoms with van der Waals surface area (Å²) in [5.74, 6) is 0.724. The van der Waals surface area contributed by atoms with E-state index in [2.05, 4.69) is 0 Å². The van der Waals surface area contributed by atoms with E-state index in [0.717, 1.165) is 13.4 Å². The van der Waals surface area contributed by atoms with Crippen molar-refractivity contribution in [2.75, 3.05) is 0 Å². The summed E-state index contributed by atoms with van der Waals surface area (Å²) in [5, 5.41) is 28.5. The summed E-state index contributed by atoms with van der Waals surface area (Å²) in [6, 6.07) is 21.7. The van der Waals surface area contributed by atoms with Crippen LogP contribution in [-0.4, -0.2) is 29.2 Å². The van der Waals surface area contributed by atoms with Gasteiger partial charge >= 0.3 is 133 Å².